The summed E-state index contributed by atoms with van der Waals surface area (Å²) in [7, 11) is 0. The lowest BCUT2D eigenvalue weighted by Crippen LogP contribution is -2.39. The smallest absolute Gasteiger partial charge is 0.315 e. The van der Waals surface area contributed by atoms with Crippen LogP contribution in [-0.2, 0) is 6.42 Å². The predicted molar refractivity (Wildman–Crippen MR) is 125 cm³/mol. The molecule has 0 spiro atoms. The first-order valence-corrected chi connectivity index (χ1v) is 11.3. The Kier molecular flexibility index (Phi) is 6.95. The number of piperidine rings is 1. The van der Waals surface area contributed by atoms with E-state index >= 15 is 0 Å². The average Bonchev–Trinajstić information content (AvgIpc) is 3.20. The molecule has 0 saturated carbocycles. The molecule has 7 heteroatoms. The largest absolute Gasteiger partial charge is 0.393 e. The van der Waals surface area contributed by atoms with Crippen LogP contribution in [0.2, 0.25) is 0 Å². The predicted octanol–water partition coefficient (Wildman–Crippen LogP) is 4.26. The fourth-order valence-corrected chi connectivity index (χ4v) is 4.41. The number of amides is 2. The number of aliphatic hydroxyl groups excluding tert-OH is 1. The Morgan fingerprint density at radius 1 is 1.25 bits per heavy atom. The van der Waals surface area contributed by atoms with E-state index in [1.165, 1.54) is 23.1 Å². The van der Waals surface area contributed by atoms with E-state index in [1.807, 2.05) is 25.3 Å². The third-order valence-corrected chi connectivity index (χ3v) is 6.19. The van der Waals surface area contributed by atoms with Crippen LogP contribution in [0.1, 0.15) is 43.4 Å². The average molecular weight is 439 g/mol. The van der Waals surface area contributed by atoms with E-state index in [0.717, 1.165) is 29.6 Å². The number of hydrogen-bond acceptors (Lipinski definition) is 3. The molecule has 170 valence electrons. The number of carbonyl (C=O) groups excluding carboxylic acids is 1. The Morgan fingerprint density at radius 2 is 2.03 bits per heavy atom. The summed E-state index contributed by atoms with van der Waals surface area (Å²) >= 11 is 0. The van der Waals surface area contributed by atoms with E-state index in [0.29, 0.717) is 32.5 Å². The van der Waals surface area contributed by atoms with Crippen molar-refractivity contribution in [2.45, 2.75) is 44.8 Å². The van der Waals surface area contributed by atoms with Gasteiger partial charge in [-0.3, -0.25) is 0 Å². The minimum Gasteiger partial charge on any atom is -0.393 e. The number of nitrogens with one attached hydrogen (secondary N) is 3. The highest BCUT2D eigenvalue weighted by molar-refractivity contribution is 5.83. The van der Waals surface area contributed by atoms with Crippen molar-refractivity contribution in [1.82, 2.24) is 15.6 Å². The van der Waals surface area contributed by atoms with E-state index < -0.39 is 0 Å². The second kappa shape index (κ2) is 10.0. The van der Waals surface area contributed by atoms with Gasteiger partial charge in [0, 0.05) is 48.0 Å². The summed E-state index contributed by atoms with van der Waals surface area (Å²) < 4.78 is 14.0. The van der Waals surface area contributed by atoms with Crippen LogP contribution in [0, 0.1) is 5.82 Å². The molecule has 2 aromatic carbocycles. The van der Waals surface area contributed by atoms with Crippen molar-refractivity contribution in [2.75, 3.05) is 24.5 Å². The number of anilines is 1. The molecule has 4 rings (SSSR count). The minimum absolute atomic E-state index is 0.263. The van der Waals surface area contributed by atoms with E-state index in [4.69, 9.17) is 0 Å². The number of carbonyl (C=O) groups is 1. The van der Waals surface area contributed by atoms with Crippen molar-refractivity contribution in [1.29, 1.82) is 0 Å². The van der Waals surface area contributed by atoms with Crippen LogP contribution in [0.25, 0.3) is 10.9 Å². The van der Waals surface area contributed by atoms with Crippen molar-refractivity contribution in [3.8, 4) is 0 Å². The number of halogens is 1. The SMILES string of the molecule is CC(NC(=O)NCCCc1c[nH]c2ccccc12)c1cc(F)ccc1N1CCC(O)CC1. The minimum atomic E-state index is -0.346. The molecule has 0 aliphatic carbocycles. The van der Waals surface area contributed by atoms with Crippen LogP contribution in [0.5, 0.6) is 0 Å². The Bertz CT molecular complexity index is 1060. The van der Waals surface area contributed by atoms with Gasteiger partial charge in [-0.25, -0.2) is 9.18 Å². The van der Waals surface area contributed by atoms with E-state index in [9.17, 15) is 14.3 Å². The van der Waals surface area contributed by atoms with Crippen molar-refractivity contribution in [2.24, 2.45) is 0 Å². The van der Waals surface area contributed by atoms with Gasteiger partial charge >= 0.3 is 6.03 Å². The number of aromatic amines is 1. The maximum atomic E-state index is 14.0. The summed E-state index contributed by atoms with van der Waals surface area (Å²) in [4.78, 5) is 17.9. The second-order valence-corrected chi connectivity index (χ2v) is 8.51. The van der Waals surface area contributed by atoms with Gasteiger partial charge in [0.1, 0.15) is 5.82 Å². The molecule has 2 heterocycles. The van der Waals surface area contributed by atoms with Crippen molar-refractivity contribution in [3.05, 3.63) is 65.6 Å². The van der Waals surface area contributed by atoms with Crippen molar-refractivity contribution in [3.63, 3.8) is 0 Å². The Labute approximate surface area is 187 Å². The molecule has 1 aliphatic rings. The fourth-order valence-electron chi connectivity index (χ4n) is 4.41. The molecule has 32 heavy (non-hydrogen) atoms. The van der Waals surface area contributed by atoms with Crippen LogP contribution in [-0.4, -0.2) is 41.9 Å². The molecule has 0 bridgehead atoms. The molecular weight excluding hydrogens is 407 g/mol. The number of rotatable bonds is 7. The van der Waals surface area contributed by atoms with E-state index in [-0.39, 0.29) is 24.0 Å². The zero-order chi connectivity index (χ0) is 22.5. The van der Waals surface area contributed by atoms with Crippen LogP contribution in [0.15, 0.2) is 48.7 Å². The van der Waals surface area contributed by atoms with Crippen molar-refractivity contribution < 1.29 is 14.3 Å². The number of aliphatic hydroxyl groups is 1. The van der Waals surface area contributed by atoms with Crippen molar-refractivity contribution >= 4 is 22.6 Å². The van der Waals surface area contributed by atoms with E-state index in [2.05, 4.69) is 32.7 Å². The summed E-state index contributed by atoms with van der Waals surface area (Å²) in [5.41, 5.74) is 4.02. The molecular formula is C25H31FN4O2. The zero-order valence-corrected chi connectivity index (χ0v) is 18.4. The maximum Gasteiger partial charge on any atom is 0.315 e. The fraction of sp³-hybridized carbons (Fsp3) is 0.400. The molecule has 2 amide bonds. The summed E-state index contributed by atoms with van der Waals surface area (Å²) in [5, 5.41) is 16.8. The first-order valence-electron chi connectivity index (χ1n) is 11.3. The Hall–Kier alpha value is -3.06. The zero-order valence-electron chi connectivity index (χ0n) is 18.4. The molecule has 6 nitrogen and oxygen atoms in total. The quantitative estimate of drug-likeness (QED) is 0.416. The highest BCUT2D eigenvalue weighted by atomic mass is 19.1. The molecule has 1 aliphatic heterocycles. The summed E-state index contributed by atoms with van der Waals surface area (Å²) in [6, 6.07) is 12.3. The molecule has 4 N–H and O–H groups in total. The summed E-state index contributed by atoms with van der Waals surface area (Å²) in [6.45, 7) is 3.85. The standard InChI is InChI=1S/C25H31FN4O2/c1-17(22-15-19(26)8-9-24(22)30-13-10-20(31)11-14-30)29-25(32)27-12-4-5-18-16-28-23-7-3-2-6-21(18)23/h2-3,6-9,15-17,20,28,31H,4-5,10-14H2,1H3,(H2,27,29,32). The molecule has 1 unspecified atom stereocenters. The highest BCUT2D eigenvalue weighted by Gasteiger charge is 2.22. The lowest BCUT2D eigenvalue weighted by molar-refractivity contribution is 0.145. The van der Waals surface area contributed by atoms with Gasteiger partial charge in [0.25, 0.3) is 0 Å². The number of hydrogen-bond donors (Lipinski definition) is 4. The normalized spacial score (nSPS) is 15.7. The first-order chi connectivity index (χ1) is 15.5. The lowest BCUT2D eigenvalue weighted by Gasteiger charge is -2.34. The number of aromatic nitrogens is 1. The Morgan fingerprint density at radius 3 is 2.84 bits per heavy atom. The number of nitrogens with zero attached hydrogens (tertiary/aromatic N) is 1. The number of urea groups is 1. The third-order valence-electron chi connectivity index (χ3n) is 6.19. The molecule has 1 aromatic heterocycles. The lowest BCUT2D eigenvalue weighted by atomic mass is 10.0. The molecule has 3 aromatic rings. The van der Waals surface area contributed by atoms with Gasteiger partial charge in [-0.15, -0.1) is 0 Å². The first kappa shape index (κ1) is 22.1. The topological polar surface area (TPSA) is 80.4 Å². The molecule has 1 atom stereocenters. The van der Waals surface area contributed by atoms with Crippen LogP contribution < -0.4 is 15.5 Å². The molecule has 1 saturated heterocycles. The van der Waals surface area contributed by atoms with Crippen LogP contribution in [0.4, 0.5) is 14.9 Å². The van der Waals surface area contributed by atoms with Gasteiger partial charge in [-0.2, -0.15) is 0 Å². The van der Waals surface area contributed by atoms with Gasteiger partial charge in [-0.1, -0.05) is 18.2 Å². The van der Waals surface area contributed by atoms with Gasteiger partial charge in [0.05, 0.1) is 12.1 Å². The summed E-state index contributed by atoms with van der Waals surface area (Å²) in [5.74, 6) is -0.325. The molecule has 0 radical (unpaired) electrons. The monoisotopic (exact) mass is 438 g/mol. The number of benzene rings is 2. The van der Waals surface area contributed by atoms with Gasteiger partial charge in [0.15, 0.2) is 0 Å². The number of para-hydroxylation sites is 1. The van der Waals surface area contributed by atoms with Gasteiger partial charge in [-0.05, 0) is 62.4 Å². The number of fused-ring (bicyclic) bond motifs is 1. The highest BCUT2D eigenvalue weighted by Crippen LogP contribution is 2.29. The van der Waals surface area contributed by atoms with Gasteiger partial charge < -0.3 is 25.6 Å². The Balaban J connectivity index is 1.30. The van der Waals surface area contributed by atoms with E-state index in [1.54, 1.807) is 6.07 Å². The van der Waals surface area contributed by atoms with Gasteiger partial charge in [0.2, 0.25) is 0 Å². The summed E-state index contributed by atoms with van der Waals surface area (Å²) in [6.07, 6.45) is 4.82. The number of H-pyrrole nitrogens is 1. The van der Waals surface area contributed by atoms with Crippen LogP contribution >= 0.6 is 0 Å². The molecule has 1 fully saturated rings. The third kappa shape index (κ3) is 5.22. The maximum absolute atomic E-state index is 14.0. The second-order valence-electron chi connectivity index (χ2n) is 8.51. The van der Waals surface area contributed by atoms with Crippen LogP contribution in [0.3, 0.4) is 0 Å². The number of aryl methyl sites for hydroxylation is 1.